The Balaban J connectivity index is 1.46. The topological polar surface area (TPSA) is 85.6 Å². The van der Waals surface area contributed by atoms with Gasteiger partial charge in [0.1, 0.15) is 5.01 Å². The van der Waals surface area contributed by atoms with Gasteiger partial charge in [-0.25, -0.2) is 4.68 Å². The Bertz CT molecular complexity index is 930. The van der Waals surface area contributed by atoms with Crippen LogP contribution in [0.2, 0.25) is 0 Å². The van der Waals surface area contributed by atoms with Crippen LogP contribution in [0.3, 0.4) is 0 Å². The van der Waals surface area contributed by atoms with Crippen LogP contribution in [0.4, 0.5) is 5.13 Å². The fourth-order valence-electron chi connectivity index (χ4n) is 3.36. The summed E-state index contributed by atoms with van der Waals surface area (Å²) in [6.45, 7) is 1.95. The van der Waals surface area contributed by atoms with Gasteiger partial charge in [0, 0.05) is 30.1 Å². The highest BCUT2D eigenvalue weighted by atomic mass is 32.1. The van der Waals surface area contributed by atoms with E-state index in [4.69, 9.17) is 0 Å². The quantitative estimate of drug-likeness (QED) is 0.762. The summed E-state index contributed by atoms with van der Waals surface area (Å²) in [4.78, 5) is 16.4. The molecule has 0 atom stereocenters. The van der Waals surface area contributed by atoms with Crippen LogP contribution in [0.1, 0.15) is 36.7 Å². The maximum absolute atomic E-state index is 12.3. The standard InChI is InChI=1S/C18H20N6OS/c1-12-21-22-18(26-12)20-14-2-4-15(5-3-14)24-17(25)7-6-16(23-24)13-8-10-19-11-9-13/h6-11,14-15H,2-5H2,1H3,(H,20,22). The number of anilines is 1. The predicted octanol–water partition coefficient (Wildman–Crippen LogP) is 3.06. The third-order valence-electron chi connectivity index (χ3n) is 4.70. The van der Waals surface area contributed by atoms with Crippen molar-refractivity contribution >= 4 is 16.5 Å². The summed E-state index contributed by atoms with van der Waals surface area (Å²) in [5, 5.41) is 18.1. The average molecular weight is 368 g/mol. The average Bonchev–Trinajstić information content (AvgIpc) is 3.08. The van der Waals surface area contributed by atoms with Crippen LogP contribution in [-0.2, 0) is 0 Å². The molecule has 0 aromatic carbocycles. The Kier molecular flexibility index (Phi) is 4.75. The second kappa shape index (κ2) is 7.33. The molecular weight excluding hydrogens is 348 g/mol. The van der Waals surface area contributed by atoms with Crippen LogP contribution in [0.5, 0.6) is 0 Å². The lowest BCUT2D eigenvalue weighted by molar-refractivity contribution is 0.304. The van der Waals surface area contributed by atoms with E-state index in [1.807, 2.05) is 19.1 Å². The first-order valence-electron chi connectivity index (χ1n) is 8.76. The van der Waals surface area contributed by atoms with Crippen molar-refractivity contribution in [3.63, 3.8) is 0 Å². The van der Waals surface area contributed by atoms with E-state index in [1.54, 1.807) is 40.5 Å². The fourth-order valence-corrected chi connectivity index (χ4v) is 4.03. The molecule has 0 radical (unpaired) electrons. The lowest BCUT2D eigenvalue weighted by Crippen LogP contribution is -2.33. The minimum atomic E-state index is -0.0426. The van der Waals surface area contributed by atoms with E-state index >= 15 is 0 Å². The maximum atomic E-state index is 12.3. The van der Waals surface area contributed by atoms with Gasteiger partial charge in [0.2, 0.25) is 5.13 Å². The normalized spacial score (nSPS) is 20.0. The molecule has 1 aliphatic rings. The van der Waals surface area contributed by atoms with Gasteiger partial charge in [-0.1, -0.05) is 11.3 Å². The summed E-state index contributed by atoms with van der Waals surface area (Å²) >= 11 is 1.57. The molecule has 4 rings (SSSR count). The predicted molar refractivity (Wildman–Crippen MR) is 101 cm³/mol. The first kappa shape index (κ1) is 16.8. The van der Waals surface area contributed by atoms with Crippen molar-refractivity contribution in [2.75, 3.05) is 5.32 Å². The van der Waals surface area contributed by atoms with Crippen molar-refractivity contribution in [2.24, 2.45) is 0 Å². The van der Waals surface area contributed by atoms with Gasteiger partial charge in [0.25, 0.3) is 5.56 Å². The van der Waals surface area contributed by atoms with Crippen LogP contribution in [-0.4, -0.2) is 31.0 Å². The molecule has 1 saturated carbocycles. The summed E-state index contributed by atoms with van der Waals surface area (Å²) in [6.07, 6.45) is 7.27. The lowest BCUT2D eigenvalue weighted by atomic mass is 9.91. The van der Waals surface area contributed by atoms with Gasteiger partial charge < -0.3 is 5.32 Å². The first-order valence-corrected chi connectivity index (χ1v) is 9.57. The molecule has 0 amide bonds. The molecule has 0 saturated heterocycles. The number of hydrogen-bond donors (Lipinski definition) is 1. The number of aromatic nitrogens is 5. The number of nitrogens with zero attached hydrogens (tertiary/aromatic N) is 5. The number of nitrogens with one attached hydrogen (secondary N) is 1. The van der Waals surface area contributed by atoms with Crippen LogP contribution >= 0.6 is 11.3 Å². The van der Waals surface area contributed by atoms with E-state index in [1.165, 1.54) is 0 Å². The zero-order chi connectivity index (χ0) is 17.9. The monoisotopic (exact) mass is 368 g/mol. The number of pyridine rings is 1. The largest absolute Gasteiger partial charge is 0.357 e. The third-order valence-corrected chi connectivity index (χ3v) is 5.47. The van der Waals surface area contributed by atoms with Crippen molar-refractivity contribution in [1.82, 2.24) is 25.0 Å². The highest BCUT2D eigenvalue weighted by Gasteiger charge is 2.24. The Labute approximate surface area is 155 Å². The van der Waals surface area contributed by atoms with E-state index < -0.39 is 0 Å². The maximum Gasteiger partial charge on any atom is 0.267 e. The van der Waals surface area contributed by atoms with Crippen LogP contribution < -0.4 is 10.9 Å². The van der Waals surface area contributed by atoms with Crippen molar-refractivity contribution in [2.45, 2.75) is 44.7 Å². The molecule has 134 valence electrons. The fraction of sp³-hybridized carbons (Fsp3) is 0.389. The van der Waals surface area contributed by atoms with Gasteiger partial charge in [0.15, 0.2) is 0 Å². The van der Waals surface area contributed by atoms with E-state index in [2.05, 4.69) is 25.6 Å². The molecule has 26 heavy (non-hydrogen) atoms. The summed E-state index contributed by atoms with van der Waals surface area (Å²) in [6, 6.07) is 7.71. The van der Waals surface area contributed by atoms with E-state index in [-0.39, 0.29) is 11.6 Å². The molecule has 0 spiro atoms. The number of aryl methyl sites for hydroxylation is 1. The van der Waals surface area contributed by atoms with Crippen LogP contribution in [0, 0.1) is 6.92 Å². The molecule has 7 nitrogen and oxygen atoms in total. The third kappa shape index (κ3) is 3.65. The summed E-state index contributed by atoms with van der Waals surface area (Å²) in [7, 11) is 0. The first-order chi connectivity index (χ1) is 12.7. The van der Waals surface area contributed by atoms with Crippen molar-refractivity contribution in [3.8, 4) is 11.3 Å². The summed E-state index contributed by atoms with van der Waals surface area (Å²) in [5.41, 5.74) is 1.73. The smallest absolute Gasteiger partial charge is 0.267 e. The second-order valence-electron chi connectivity index (χ2n) is 6.51. The second-order valence-corrected chi connectivity index (χ2v) is 7.69. The molecule has 8 heteroatoms. The number of rotatable bonds is 4. The highest BCUT2D eigenvalue weighted by Crippen LogP contribution is 2.30. The molecular formula is C18H20N6OS. The summed E-state index contributed by atoms with van der Waals surface area (Å²) in [5.74, 6) is 0. The van der Waals surface area contributed by atoms with Gasteiger partial charge in [0.05, 0.1) is 11.7 Å². The molecule has 0 aliphatic heterocycles. The van der Waals surface area contributed by atoms with Gasteiger partial charge >= 0.3 is 0 Å². The molecule has 1 fully saturated rings. The van der Waals surface area contributed by atoms with Gasteiger partial charge in [-0.3, -0.25) is 9.78 Å². The Hall–Kier alpha value is -2.61. The molecule has 3 aromatic heterocycles. The Morgan fingerprint density at radius 1 is 1.08 bits per heavy atom. The zero-order valence-corrected chi connectivity index (χ0v) is 15.3. The van der Waals surface area contributed by atoms with Gasteiger partial charge in [-0.2, -0.15) is 5.10 Å². The minimum absolute atomic E-state index is 0.0426. The van der Waals surface area contributed by atoms with Crippen LogP contribution in [0.25, 0.3) is 11.3 Å². The van der Waals surface area contributed by atoms with Gasteiger partial charge in [-0.05, 0) is 50.8 Å². The van der Waals surface area contributed by atoms with Crippen molar-refractivity contribution in [1.29, 1.82) is 0 Å². The van der Waals surface area contributed by atoms with Crippen molar-refractivity contribution < 1.29 is 0 Å². The molecule has 0 unspecified atom stereocenters. The highest BCUT2D eigenvalue weighted by molar-refractivity contribution is 7.15. The van der Waals surface area contributed by atoms with Crippen molar-refractivity contribution in [3.05, 3.63) is 52.0 Å². The minimum Gasteiger partial charge on any atom is -0.357 e. The Morgan fingerprint density at radius 3 is 2.54 bits per heavy atom. The Morgan fingerprint density at radius 2 is 1.85 bits per heavy atom. The molecule has 3 aromatic rings. The molecule has 3 heterocycles. The van der Waals surface area contributed by atoms with Crippen LogP contribution in [0.15, 0.2) is 41.5 Å². The molecule has 0 bridgehead atoms. The van der Waals surface area contributed by atoms with E-state index in [0.717, 1.165) is 47.1 Å². The van der Waals surface area contributed by atoms with E-state index in [0.29, 0.717) is 6.04 Å². The van der Waals surface area contributed by atoms with Gasteiger partial charge in [-0.15, -0.1) is 10.2 Å². The summed E-state index contributed by atoms with van der Waals surface area (Å²) < 4.78 is 1.65. The SMILES string of the molecule is Cc1nnc(NC2CCC(n3nc(-c4ccncc4)ccc3=O)CC2)s1. The molecule has 1 aliphatic carbocycles. The number of hydrogen-bond acceptors (Lipinski definition) is 7. The van der Waals surface area contributed by atoms with E-state index in [9.17, 15) is 4.79 Å². The molecule has 1 N–H and O–H groups in total. The lowest BCUT2D eigenvalue weighted by Gasteiger charge is -2.29. The zero-order valence-electron chi connectivity index (χ0n) is 14.5.